The zero-order valence-electron chi connectivity index (χ0n) is 13.1. The second kappa shape index (κ2) is 7.36. The van der Waals surface area contributed by atoms with E-state index in [1.807, 2.05) is 25.7 Å². The van der Waals surface area contributed by atoms with Gasteiger partial charge in [0.2, 0.25) is 5.95 Å². The van der Waals surface area contributed by atoms with Crippen molar-refractivity contribution in [1.29, 1.82) is 0 Å². The molecule has 1 N–H and O–H groups in total. The number of carbonyl (C=O) groups excluding carboxylic acids is 1. The predicted octanol–water partition coefficient (Wildman–Crippen LogP) is 1.54. The lowest BCUT2D eigenvalue weighted by molar-refractivity contribution is 0.0853. The average molecular weight is 292 g/mol. The molecule has 0 saturated carbocycles. The van der Waals surface area contributed by atoms with E-state index in [0.29, 0.717) is 18.2 Å². The summed E-state index contributed by atoms with van der Waals surface area (Å²) in [5, 5.41) is 2.90. The standard InChI is InChI=1S/C15H24N4O2/c1-4-19(5-2)15-17-11(3)9-13(18-15)14(20)16-10-12-7-6-8-21-12/h9,12H,4-8,10H2,1-3H3,(H,16,20)/t12-/m1/s1. The van der Waals surface area contributed by atoms with E-state index in [9.17, 15) is 4.79 Å². The van der Waals surface area contributed by atoms with Crippen molar-refractivity contribution in [1.82, 2.24) is 15.3 Å². The first-order valence-corrected chi connectivity index (χ1v) is 7.64. The van der Waals surface area contributed by atoms with Gasteiger partial charge in [-0.05, 0) is 39.7 Å². The van der Waals surface area contributed by atoms with Crippen molar-refractivity contribution in [2.45, 2.75) is 39.7 Å². The van der Waals surface area contributed by atoms with Gasteiger partial charge in [0.25, 0.3) is 5.91 Å². The van der Waals surface area contributed by atoms with Gasteiger partial charge in [0.1, 0.15) is 5.69 Å². The molecule has 0 bridgehead atoms. The highest BCUT2D eigenvalue weighted by Gasteiger charge is 2.18. The molecule has 2 rings (SSSR count). The maximum absolute atomic E-state index is 12.2. The minimum Gasteiger partial charge on any atom is -0.376 e. The third-order valence-corrected chi connectivity index (χ3v) is 3.64. The fraction of sp³-hybridized carbons (Fsp3) is 0.667. The summed E-state index contributed by atoms with van der Waals surface area (Å²) >= 11 is 0. The van der Waals surface area contributed by atoms with Gasteiger partial charge >= 0.3 is 0 Å². The fourth-order valence-corrected chi connectivity index (χ4v) is 2.42. The quantitative estimate of drug-likeness (QED) is 0.861. The van der Waals surface area contributed by atoms with Crippen LogP contribution in [0, 0.1) is 6.92 Å². The molecule has 0 aromatic carbocycles. The minimum atomic E-state index is -0.163. The van der Waals surface area contributed by atoms with Crippen LogP contribution in [0.1, 0.15) is 42.9 Å². The van der Waals surface area contributed by atoms with Gasteiger partial charge in [-0.3, -0.25) is 4.79 Å². The lowest BCUT2D eigenvalue weighted by Gasteiger charge is -2.19. The zero-order valence-corrected chi connectivity index (χ0v) is 13.1. The van der Waals surface area contributed by atoms with E-state index in [0.717, 1.165) is 38.2 Å². The fourth-order valence-electron chi connectivity index (χ4n) is 2.42. The van der Waals surface area contributed by atoms with Crippen molar-refractivity contribution in [2.75, 3.05) is 31.1 Å². The number of aryl methyl sites for hydroxylation is 1. The van der Waals surface area contributed by atoms with Gasteiger partial charge in [0, 0.05) is 31.9 Å². The molecule has 1 saturated heterocycles. The van der Waals surface area contributed by atoms with E-state index >= 15 is 0 Å². The number of nitrogens with zero attached hydrogens (tertiary/aromatic N) is 3. The molecule has 1 aromatic heterocycles. The van der Waals surface area contributed by atoms with Crippen LogP contribution >= 0.6 is 0 Å². The number of aromatic nitrogens is 2. The molecule has 0 aliphatic carbocycles. The van der Waals surface area contributed by atoms with Crippen molar-refractivity contribution >= 4 is 11.9 Å². The van der Waals surface area contributed by atoms with Crippen LogP contribution in [0.4, 0.5) is 5.95 Å². The molecule has 6 heteroatoms. The lowest BCUT2D eigenvalue weighted by atomic mass is 10.2. The Bertz CT molecular complexity index is 483. The summed E-state index contributed by atoms with van der Waals surface area (Å²) in [6.07, 6.45) is 2.21. The molecule has 0 spiro atoms. The molecule has 21 heavy (non-hydrogen) atoms. The summed E-state index contributed by atoms with van der Waals surface area (Å²) in [6, 6.07) is 1.72. The highest BCUT2D eigenvalue weighted by molar-refractivity contribution is 5.92. The van der Waals surface area contributed by atoms with Crippen LogP contribution in [0.2, 0.25) is 0 Å². The molecule has 0 unspecified atom stereocenters. The Hall–Kier alpha value is -1.69. The van der Waals surface area contributed by atoms with Gasteiger partial charge in [0.05, 0.1) is 6.10 Å². The number of ether oxygens (including phenoxy) is 1. The summed E-state index contributed by atoms with van der Waals surface area (Å²) in [5.74, 6) is 0.451. The Morgan fingerprint density at radius 3 is 2.81 bits per heavy atom. The first-order valence-electron chi connectivity index (χ1n) is 7.64. The van der Waals surface area contributed by atoms with Gasteiger partial charge < -0.3 is 15.0 Å². The molecule has 1 aliphatic rings. The molecular formula is C15H24N4O2. The van der Waals surface area contributed by atoms with Crippen LogP contribution in [-0.2, 0) is 4.74 Å². The third-order valence-electron chi connectivity index (χ3n) is 3.64. The molecule has 6 nitrogen and oxygen atoms in total. The first kappa shape index (κ1) is 15.7. The van der Waals surface area contributed by atoms with E-state index in [1.54, 1.807) is 6.07 Å². The van der Waals surface area contributed by atoms with Crippen LogP contribution in [0.3, 0.4) is 0 Å². The van der Waals surface area contributed by atoms with E-state index in [4.69, 9.17) is 4.74 Å². The summed E-state index contributed by atoms with van der Waals surface area (Å²) < 4.78 is 5.50. The maximum Gasteiger partial charge on any atom is 0.270 e. The molecule has 1 aliphatic heterocycles. The largest absolute Gasteiger partial charge is 0.376 e. The Morgan fingerprint density at radius 2 is 2.19 bits per heavy atom. The van der Waals surface area contributed by atoms with Gasteiger partial charge in [-0.15, -0.1) is 0 Å². The van der Waals surface area contributed by atoms with Crippen LogP contribution in [0.15, 0.2) is 6.07 Å². The number of nitrogens with one attached hydrogen (secondary N) is 1. The van der Waals surface area contributed by atoms with E-state index in [1.165, 1.54) is 0 Å². The van der Waals surface area contributed by atoms with Crippen LogP contribution in [0.25, 0.3) is 0 Å². The van der Waals surface area contributed by atoms with Crippen molar-refractivity contribution in [3.63, 3.8) is 0 Å². The van der Waals surface area contributed by atoms with Crippen LogP contribution < -0.4 is 10.2 Å². The first-order chi connectivity index (χ1) is 10.1. The number of rotatable bonds is 6. The number of hydrogen-bond donors (Lipinski definition) is 1. The summed E-state index contributed by atoms with van der Waals surface area (Å²) in [7, 11) is 0. The molecular weight excluding hydrogens is 268 g/mol. The Balaban J connectivity index is 2.05. The molecule has 1 atom stereocenters. The maximum atomic E-state index is 12.2. The minimum absolute atomic E-state index is 0.138. The van der Waals surface area contributed by atoms with E-state index in [-0.39, 0.29) is 12.0 Å². The Morgan fingerprint density at radius 1 is 1.43 bits per heavy atom. The van der Waals surface area contributed by atoms with Gasteiger partial charge in [-0.25, -0.2) is 9.97 Å². The highest BCUT2D eigenvalue weighted by Crippen LogP contribution is 2.12. The number of anilines is 1. The van der Waals surface area contributed by atoms with Crippen molar-refractivity contribution in [3.05, 3.63) is 17.5 Å². The van der Waals surface area contributed by atoms with E-state index in [2.05, 4.69) is 15.3 Å². The summed E-state index contributed by atoms with van der Waals surface area (Å²) in [4.78, 5) is 23.0. The molecule has 1 amide bonds. The van der Waals surface area contributed by atoms with Gasteiger partial charge in [-0.1, -0.05) is 0 Å². The second-order valence-electron chi connectivity index (χ2n) is 5.21. The number of hydrogen-bond acceptors (Lipinski definition) is 5. The Kier molecular flexibility index (Phi) is 5.50. The zero-order chi connectivity index (χ0) is 15.2. The SMILES string of the molecule is CCN(CC)c1nc(C)cc(C(=O)NC[C@H]2CCCO2)n1. The van der Waals surface area contributed by atoms with Crippen molar-refractivity contribution in [3.8, 4) is 0 Å². The average Bonchev–Trinajstić information content (AvgIpc) is 2.99. The Labute approximate surface area is 125 Å². The van der Waals surface area contributed by atoms with Crippen molar-refractivity contribution < 1.29 is 9.53 Å². The van der Waals surface area contributed by atoms with Crippen molar-refractivity contribution in [2.24, 2.45) is 0 Å². The highest BCUT2D eigenvalue weighted by atomic mass is 16.5. The number of amides is 1. The lowest BCUT2D eigenvalue weighted by Crippen LogP contribution is -2.33. The van der Waals surface area contributed by atoms with Crippen LogP contribution in [-0.4, -0.2) is 48.2 Å². The van der Waals surface area contributed by atoms with E-state index < -0.39 is 0 Å². The topological polar surface area (TPSA) is 67.4 Å². The summed E-state index contributed by atoms with van der Waals surface area (Å²) in [5.41, 5.74) is 1.22. The second-order valence-corrected chi connectivity index (χ2v) is 5.21. The predicted molar refractivity (Wildman–Crippen MR) is 81.6 cm³/mol. The summed E-state index contributed by atoms with van der Waals surface area (Å²) in [6.45, 7) is 8.94. The van der Waals surface area contributed by atoms with Gasteiger partial charge in [-0.2, -0.15) is 0 Å². The smallest absolute Gasteiger partial charge is 0.270 e. The third kappa shape index (κ3) is 4.14. The molecule has 1 aromatic rings. The van der Waals surface area contributed by atoms with Crippen LogP contribution in [0.5, 0.6) is 0 Å². The molecule has 1 fully saturated rings. The number of carbonyl (C=O) groups is 1. The molecule has 0 radical (unpaired) electrons. The van der Waals surface area contributed by atoms with Gasteiger partial charge in [0.15, 0.2) is 0 Å². The molecule has 2 heterocycles. The molecule has 116 valence electrons. The monoisotopic (exact) mass is 292 g/mol. The normalized spacial score (nSPS) is 17.8.